The molecule has 1 amide bonds. The highest BCUT2D eigenvalue weighted by Gasteiger charge is 2.33. The van der Waals surface area contributed by atoms with E-state index < -0.39 is 0 Å². The lowest BCUT2D eigenvalue weighted by atomic mass is 9.97. The number of rotatable bonds is 6. The number of nitrogens with zero attached hydrogens (tertiary/aromatic N) is 4. The van der Waals surface area contributed by atoms with Gasteiger partial charge in [-0.25, -0.2) is 4.39 Å². The van der Waals surface area contributed by atoms with E-state index in [1.54, 1.807) is 29.7 Å². The van der Waals surface area contributed by atoms with Crippen LogP contribution in [-0.2, 0) is 17.9 Å². The first-order valence-corrected chi connectivity index (χ1v) is 13.4. The number of aromatic nitrogens is 1. The van der Waals surface area contributed by atoms with Gasteiger partial charge in [0.25, 0.3) is 11.5 Å². The van der Waals surface area contributed by atoms with E-state index in [2.05, 4.69) is 17.9 Å². The van der Waals surface area contributed by atoms with Gasteiger partial charge in [0.05, 0.1) is 11.4 Å². The zero-order valence-electron chi connectivity index (χ0n) is 20.7. The van der Waals surface area contributed by atoms with Crippen LogP contribution in [0.3, 0.4) is 0 Å². The van der Waals surface area contributed by atoms with Gasteiger partial charge >= 0.3 is 0 Å². The molecular weight excluding hydrogens is 495 g/mol. The molecule has 9 heteroatoms. The van der Waals surface area contributed by atoms with Gasteiger partial charge in [-0.2, -0.15) is 5.26 Å². The standard InChI is InChI=1S/C27H29FN4O2S2/c1-4-11-31-24(30-12-9-17(2)10-13-30)21(18(3)22(15-29)25(31)33)14-23-26(34)32(27(35)36-23)16-19-5-7-20(28)8-6-19/h5-8,14,17H,4,9-13,16H2,1-3H3/b23-14+. The lowest BCUT2D eigenvalue weighted by Crippen LogP contribution is -2.39. The second-order valence-corrected chi connectivity index (χ2v) is 11.0. The largest absolute Gasteiger partial charge is 0.357 e. The minimum absolute atomic E-state index is 0.102. The molecule has 2 aliphatic rings. The fourth-order valence-electron chi connectivity index (χ4n) is 4.68. The number of nitriles is 1. The number of piperidine rings is 1. The maximum Gasteiger partial charge on any atom is 0.270 e. The number of carbonyl (C=O) groups excluding carboxylic acids is 1. The molecule has 0 aliphatic carbocycles. The molecule has 2 fully saturated rings. The fraction of sp³-hybridized carbons (Fsp3) is 0.407. The molecule has 0 radical (unpaired) electrons. The summed E-state index contributed by atoms with van der Waals surface area (Å²) in [6, 6.07) is 8.08. The third-order valence-corrected chi connectivity index (χ3v) is 8.16. The van der Waals surface area contributed by atoms with E-state index in [1.807, 2.05) is 6.92 Å². The minimum atomic E-state index is -0.338. The minimum Gasteiger partial charge on any atom is -0.357 e. The van der Waals surface area contributed by atoms with Gasteiger partial charge in [0.15, 0.2) is 0 Å². The van der Waals surface area contributed by atoms with E-state index in [0.717, 1.165) is 49.3 Å². The molecule has 188 valence electrons. The Kier molecular flexibility index (Phi) is 7.96. The first-order chi connectivity index (χ1) is 17.2. The van der Waals surface area contributed by atoms with Crippen molar-refractivity contribution in [1.82, 2.24) is 9.47 Å². The molecule has 4 rings (SSSR count). The molecule has 3 heterocycles. The summed E-state index contributed by atoms with van der Waals surface area (Å²) in [5.41, 5.74) is 1.89. The van der Waals surface area contributed by atoms with Crippen molar-refractivity contribution in [2.24, 2.45) is 5.92 Å². The van der Waals surface area contributed by atoms with Crippen LogP contribution in [0, 0.1) is 30.0 Å². The Morgan fingerprint density at radius 3 is 2.50 bits per heavy atom. The lowest BCUT2D eigenvalue weighted by molar-refractivity contribution is -0.122. The van der Waals surface area contributed by atoms with Crippen molar-refractivity contribution in [2.45, 2.75) is 53.1 Å². The van der Waals surface area contributed by atoms with Crippen LogP contribution in [0.2, 0.25) is 0 Å². The molecule has 0 unspecified atom stereocenters. The van der Waals surface area contributed by atoms with E-state index >= 15 is 0 Å². The summed E-state index contributed by atoms with van der Waals surface area (Å²) in [5, 5.41) is 9.81. The number of hydrogen-bond donors (Lipinski definition) is 0. The number of halogens is 1. The molecule has 0 bridgehead atoms. The van der Waals surface area contributed by atoms with Gasteiger partial charge in [0.2, 0.25) is 0 Å². The van der Waals surface area contributed by atoms with Gasteiger partial charge in [-0.3, -0.25) is 19.1 Å². The highest BCUT2D eigenvalue weighted by molar-refractivity contribution is 8.26. The Balaban J connectivity index is 1.80. The van der Waals surface area contributed by atoms with Crippen LogP contribution >= 0.6 is 24.0 Å². The average molecular weight is 525 g/mol. The van der Waals surface area contributed by atoms with Crippen molar-refractivity contribution in [3.05, 3.63) is 67.6 Å². The van der Waals surface area contributed by atoms with Crippen LogP contribution in [0.1, 0.15) is 55.4 Å². The molecular formula is C27H29FN4O2S2. The third kappa shape index (κ3) is 5.11. The SMILES string of the molecule is CCCn1c(N2CCC(C)CC2)c(/C=C2/SC(=S)N(Cc3ccc(F)cc3)C2=O)c(C)c(C#N)c1=O. The number of pyridine rings is 1. The van der Waals surface area contributed by atoms with Crippen molar-refractivity contribution in [2.75, 3.05) is 18.0 Å². The van der Waals surface area contributed by atoms with Gasteiger partial charge in [-0.05, 0) is 61.4 Å². The van der Waals surface area contributed by atoms with Crippen molar-refractivity contribution in [3.63, 3.8) is 0 Å². The van der Waals surface area contributed by atoms with Crippen molar-refractivity contribution in [3.8, 4) is 6.07 Å². The normalized spacial score (nSPS) is 17.8. The zero-order valence-corrected chi connectivity index (χ0v) is 22.3. The quantitative estimate of drug-likeness (QED) is 0.382. The summed E-state index contributed by atoms with van der Waals surface area (Å²) in [6.45, 7) is 8.36. The Morgan fingerprint density at radius 1 is 1.22 bits per heavy atom. The Hall–Kier alpha value is -2.96. The van der Waals surface area contributed by atoms with Gasteiger partial charge in [0.1, 0.15) is 27.6 Å². The maximum atomic E-state index is 13.4. The number of hydrogen-bond acceptors (Lipinski definition) is 6. The molecule has 6 nitrogen and oxygen atoms in total. The number of amides is 1. The molecule has 1 aromatic heterocycles. The van der Waals surface area contributed by atoms with Crippen LogP contribution in [0.4, 0.5) is 10.2 Å². The van der Waals surface area contributed by atoms with Crippen molar-refractivity contribution >= 4 is 46.1 Å². The summed E-state index contributed by atoms with van der Waals surface area (Å²) in [5.74, 6) is 0.806. The predicted molar refractivity (Wildman–Crippen MR) is 146 cm³/mol. The van der Waals surface area contributed by atoms with Crippen LogP contribution in [0.25, 0.3) is 6.08 Å². The molecule has 2 saturated heterocycles. The van der Waals surface area contributed by atoms with Crippen molar-refractivity contribution < 1.29 is 9.18 Å². The molecule has 0 N–H and O–H groups in total. The number of carbonyl (C=O) groups is 1. The first kappa shape index (κ1) is 26.1. The first-order valence-electron chi connectivity index (χ1n) is 12.2. The summed E-state index contributed by atoms with van der Waals surface area (Å²) < 4.78 is 15.4. The van der Waals surface area contributed by atoms with Crippen LogP contribution in [-0.4, -0.2) is 32.8 Å². The molecule has 36 heavy (non-hydrogen) atoms. The van der Waals surface area contributed by atoms with Crippen LogP contribution < -0.4 is 10.5 Å². The summed E-state index contributed by atoms with van der Waals surface area (Å²) >= 11 is 6.72. The Labute approximate surface area is 220 Å². The van der Waals surface area contributed by atoms with Crippen LogP contribution in [0.15, 0.2) is 34.0 Å². The molecule has 2 aliphatic heterocycles. The number of thioether (sulfide) groups is 1. The van der Waals surface area contributed by atoms with E-state index in [0.29, 0.717) is 27.3 Å². The average Bonchev–Trinajstić information content (AvgIpc) is 3.12. The third-order valence-electron chi connectivity index (χ3n) is 6.78. The topological polar surface area (TPSA) is 69.3 Å². The highest BCUT2D eigenvalue weighted by atomic mass is 32.2. The smallest absolute Gasteiger partial charge is 0.270 e. The Bertz CT molecular complexity index is 1320. The molecule has 0 saturated carbocycles. The summed E-state index contributed by atoms with van der Waals surface area (Å²) in [4.78, 5) is 30.9. The van der Waals surface area contributed by atoms with Gasteiger partial charge in [0, 0.05) is 25.2 Å². The molecule has 1 aromatic carbocycles. The van der Waals surface area contributed by atoms with Gasteiger partial charge in [-0.1, -0.05) is 50.0 Å². The van der Waals surface area contributed by atoms with E-state index in [-0.39, 0.29) is 29.4 Å². The number of anilines is 1. The number of benzene rings is 1. The second kappa shape index (κ2) is 11.0. The zero-order chi connectivity index (χ0) is 26.0. The number of thiocarbonyl (C=S) groups is 1. The van der Waals surface area contributed by atoms with E-state index in [1.165, 1.54) is 28.8 Å². The second-order valence-electron chi connectivity index (χ2n) is 9.37. The van der Waals surface area contributed by atoms with Gasteiger partial charge < -0.3 is 4.90 Å². The van der Waals surface area contributed by atoms with Crippen LogP contribution in [0.5, 0.6) is 0 Å². The highest BCUT2D eigenvalue weighted by Crippen LogP contribution is 2.37. The fourth-order valence-corrected chi connectivity index (χ4v) is 5.91. The lowest BCUT2D eigenvalue weighted by Gasteiger charge is -2.35. The van der Waals surface area contributed by atoms with Gasteiger partial charge in [-0.15, -0.1) is 0 Å². The molecule has 0 spiro atoms. The van der Waals surface area contributed by atoms with E-state index in [9.17, 15) is 19.2 Å². The van der Waals surface area contributed by atoms with E-state index in [4.69, 9.17) is 12.2 Å². The summed E-state index contributed by atoms with van der Waals surface area (Å²) in [7, 11) is 0. The molecule has 2 aromatic rings. The maximum absolute atomic E-state index is 13.4. The van der Waals surface area contributed by atoms with Crippen molar-refractivity contribution in [1.29, 1.82) is 5.26 Å². The summed E-state index contributed by atoms with van der Waals surface area (Å²) in [6.07, 6.45) is 4.56. The molecule has 0 atom stereocenters. The monoisotopic (exact) mass is 524 g/mol. The predicted octanol–water partition coefficient (Wildman–Crippen LogP) is 5.22. The Morgan fingerprint density at radius 2 is 1.89 bits per heavy atom.